The maximum Gasteiger partial charge on any atom is 0.338 e. The highest BCUT2D eigenvalue weighted by Crippen LogP contribution is 2.41. The van der Waals surface area contributed by atoms with Crippen molar-refractivity contribution in [1.82, 2.24) is 0 Å². The van der Waals surface area contributed by atoms with Crippen LogP contribution >= 0.6 is 15.9 Å². The van der Waals surface area contributed by atoms with Crippen molar-refractivity contribution in [2.75, 3.05) is 6.61 Å². The average molecular weight is 550 g/mol. The summed E-state index contributed by atoms with van der Waals surface area (Å²) in [6.45, 7) is 5.24. The number of carbonyl (C=O) groups is 1. The number of benzene rings is 1. The zero-order chi connectivity index (χ0) is 24.9. The highest BCUT2D eigenvalue weighted by atomic mass is 79.9. The van der Waals surface area contributed by atoms with Gasteiger partial charge in [-0.05, 0) is 96.8 Å². The Hall–Kier alpha value is -1.03. The number of ether oxygens (including phenoxy) is 2. The minimum absolute atomic E-state index is 0.0713. The Kier molecular flexibility index (Phi) is 13.0. The first-order valence-corrected chi connectivity index (χ1v) is 15.5. The molecular weight excluding hydrogens is 500 g/mol. The first-order valence-electron chi connectivity index (χ1n) is 14.7. The highest BCUT2D eigenvalue weighted by Gasteiger charge is 2.32. The zero-order valence-electron chi connectivity index (χ0n) is 22.4. The van der Waals surface area contributed by atoms with Crippen LogP contribution in [0.3, 0.4) is 0 Å². The summed E-state index contributed by atoms with van der Waals surface area (Å²) >= 11 is 3.58. The number of esters is 1. The van der Waals surface area contributed by atoms with Crippen molar-refractivity contribution in [3.63, 3.8) is 0 Å². The fourth-order valence-electron chi connectivity index (χ4n) is 6.16. The molecule has 0 atom stereocenters. The minimum atomic E-state index is -0.201. The molecule has 0 heterocycles. The van der Waals surface area contributed by atoms with E-state index in [4.69, 9.17) is 9.47 Å². The fraction of sp³-hybridized carbons (Fsp3) is 0.774. The maximum atomic E-state index is 12.8. The lowest BCUT2D eigenvalue weighted by molar-refractivity contribution is 0.0109. The molecule has 0 unspecified atom stereocenters. The molecule has 0 aliphatic heterocycles. The van der Waals surface area contributed by atoms with Gasteiger partial charge in [0.25, 0.3) is 0 Å². The van der Waals surface area contributed by atoms with E-state index in [-0.39, 0.29) is 12.1 Å². The summed E-state index contributed by atoms with van der Waals surface area (Å²) < 4.78 is 12.6. The Balaban J connectivity index is 1.35. The molecular formula is C31H49BrO3. The second-order valence-corrected chi connectivity index (χ2v) is 12.0. The van der Waals surface area contributed by atoms with Gasteiger partial charge in [0.2, 0.25) is 0 Å². The molecule has 0 radical (unpaired) electrons. The zero-order valence-corrected chi connectivity index (χ0v) is 24.0. The van der Waals surface area contributed by atoms with Crippen LogP contribution in [0.4, 0.5) is 0 Å². The molecule has 0 amide bonds. The van der Waals surface area contributed by atoms with Gasteiger partial charge in [-0.15, -0.1) is 0 Å². The number of halogens is 1. The minimum Gasteiger partial charge on any atom is -0.492 e. The molecule has 4 heteroatoms. The lowest BCUT2D eigenvalue weighted by Gasteiger charge is -2.37. The van der Waals surface area contributed by atoms with Gasteiger partial charge < -0.3 is 9.47 Å². The van der Waals surface area contributed by atoms with E-state index in [0.29, 0.717) is 5.56 Å². The van der Waals surface area contributed by atoms with Gasteiger partial charge in [-0.25, -0.2) is 4.79 Å². The lowest BCUT2D eigenvalue weighted by Crippen LogP contribution is -2.29. The second-order valence-electron chi connectivity index (χ2n) is 11.1. The normalized spacial score (nSPS) is 24.8. The Morgan fingerprint density at radius 1 is 0.829 bits per heavy atom. The molecule has 0 N–H and O–H groups in total. The Morgan fingerprint density at radius 3 is 2.11 bits per heavy atom. The first-order chi connectivity index (χ1) is 17.1. The lowest BCUT2D eigenvalue weighted by atomic mass is 9.70. The summed E-state index contributed by atoms with van der Waals surface area (Å²) in [5.74, 6) is 3.33. The van der Waals surface area contributed by atoms with Gasteiger partial charge >= 0.3 is 5.97 Å². The molecule has 35 heavy (non-hydrogen) atoms. The van der Waals surface area contributed by atoms with Gasteiger partial charge in [0.05, 0.1) is 16.6 Å². The van der Waals surface area contributed by atoms with Crippen LogP contribution in [0.1, 0.15) is 133 Å². The van der Waals surface area contributed by atoms with Gasteiger partial charge in [-0.1, -0.05) is 78.1 Å². The molecule has 0 bridgehead atoms. The third-order valence-corrected chi connectivity index (χ3v) is 9.06. The van der Waals surface area contributed by atoms with Gasteiger partial charge in [-0.2, -0.15) is 0 Å². The summed E-state index contributed by atoms with van der Waals surface area (Å²) in [5, 5.41) is 0. The van der Waals surface area contributed by atoms with Crippen LogP contribution in [-0.2, 0) is 4.74 Å². The molecule has 3 rings (SSSR count). The van der Waals surface area contributed by atoms with Crippen LogP contribution in [0.2, 0.25) is 0 Å². The fourth-order valence-corrected chi connectivity index (χ4v) is 6.65. The topological polar surface area (TPSA) is 35.5 Å². The van der Waals surface area contributed by atoms with Crippen molar-refractivity contribution < 1.29 is 14.3 Å². The second kappa shape index (κ2) is 15.9. The van der Waals surface area contributed by atoms with Crippen LogP contribution in [0.15, 0.2) is 22.7 Å². The molecule has 0 aromatic heterocycles. The third kappa shape index (κ3) is 9.74. The van der Waals surface area contributed by atoms with E-state index in [0.717, 1.165) is 53.8 Å². The molecule has 2 aliphatic carbocycles. The predicted molar refractivity (Wildman–Crippen MR) is 149 cm³/mol. The molecule has 2 aliphatic rings. The molecule has 1 aromatic rings. The molecule has 1 aromatic carbocycles. The van der Waals surface area contributed by atoms with E-state index < -0.39 is 0 Å². The van der Waals surface area contributed by atoms with Crippen LogP contribution in [0.5, 0.6) is 5.75 Å². The Bertz CT molecular complexity index is 733. The Labute approximate surface area is 223 Å². The molecule has 0 spiro atoms. The van der Waals surface area contributed by atoms with Gasteiger partial charge in [0.15, 0.2) is 0 Å². The summed E-state index contributed by atoms with van der Waals surface area (Å²) in [6, 6.07) is 5.58. The van der Waals surface area contributed by atoms with Crippen molar-refractivity contribution in [2.45, 2.75) is 129 Å². The summed E-state index contributed by atoms with van der Waals surface area (Å²) in [7, 11) is 0. The van der Waals surface area contributed by atoms with Crippen LogP contribution in [-0.4, -0.2) is 18.7 Å². The van der Waals surface area contributed by atoms with Gasteiger partial charge in [0, 0.05) is 0 Å². The maximum absolute atomic E-state index is 12.8. The van der Waals surface area contributed by atoms with Crippen LogP contribution in [0.25, 0.3) is 0 Å². The molecule has 2 saturated carbocycles. The predicted octanol–water partition coefficient (Wildman–Crippen LogP) is 9.90. The summed E-state index contributed by atoms with van der Waals surface area (Å²) in [6.07, 6.45) is 22.0. The SMILES string of the molecule is CCCCCCCOc1ccc(C(=O)OC2CCC(C3CCC(CCCCC)CC3)CC2)cc1Br. The summed E-state index contributed by atoms with van der Waals surface area (Å²) in [4.78, 5) is 12.8. The van der Waals surface area contributed by atoms with Crippen molar-refractivity contribution in [2.24, 2.45) is 17.8 Å². The standard InChI is InChI=1S/C31H49BrO3/c1-3-5-7-8-10-22-34-30-21-18-27(23-29(30)32)31(33)35-28-19-16-26(17-20-28)25-14-12-24(13-15-25)11-9-6-4-2/h18,21,23-26,28H,3-17,19-20,22H2,1-2H3. The smallest absolute Gasteiger partial charge is 0.338 e. The van der Waals surface area contributed by atoms with Crippen LogP contribution < -0.4 is 4.74 Å². The van der Waals surface area contributed by atoms with Crippen LogP contribution in [0, 0.1) is 17.8 Å². The number of unbranched alkanes of at least 4 members (excludes halogenated alkanes) is 6. The molecule has 198 valence electrons. The van der Waals surface area contributed by atoms with Gasteiger partial charge in [0.1, 0.15) is 11.9 Å². The first kappa shape index (κ1) is 28.5. The van der Waals surface area contributed by atoms with E-state index in [1.165, 1.54) is 89.9 Å². The van der Waals surface area contributed by atoms with Gasteiger partial charge in [-0.3, -0.25) is 0 Å². The number of hydrogen-bond donors (Lipinski definition) is 0. The number of rotatable bonds is 14. The van der Waals surface area contributed by atoms with Crippen molar-refractivity contribution in [3.05, 3.63) is 28.2 Å². The van der Waals surface area contributed by atoms with E-state index in [1.807, 2.05) is 18.2 Å². The monoisotopic (exact) mass is 548 g/mol. The molecule has 0 saturated heterocycles. The third-order valence-electron chi connectivity index (χ3n) is 8.44. The number of carbonyl (C=O) groups excluding carboxylic acids is 1. The highest BCUT2D eigenvalue weighted by molar-refractivity contribution is 9.10. The molecule has 2 fully saturated rings. The number of hydrogen-bond acceptors (Lipinski definition) is 3. The molecule has 3 nitrogen and oxygen atoms in total. The van der Waals surface area contributed by atoms with E-state index in [9.17, 15) is 4.79 Å². The van der Waals surface area contributed by atoms with Crippen molar-refractivity contribution in [1.29, 1.82) is 0 Å². The Morgan fingerprint density at radius 2 is 1.46 bits per heavy atom. The summed E-state index contributed by atoms with van der Waals surface area (Å²) in [5.41, 5.74) is 0.607. The van der Waals surface area contributed by atoms with Crippen molar-refractivity contribution in [3.8, 4) is 5.75 Å². The quantitative estimate of drug-likeness (QED) is 0.171. The van der Waals surface area contributed by atoms with Crippen molar-refractivity contribution >= 4 is 21.9 Å². The van der Waals surface area contributed by atoms with E-state index in [1.54, 1.807) is 0 Å². The largest absolute Gasteiger partial charge is 0.492 e. The van der Waals surface area contributed by atoms with E-state index in [2.05, 4.69) is 29.8 Å². The van der Waals surface area contributed by atoms with E-state index >= 15 is 0 Å². The average Bonchev–Trinajstić information content (AvgIpc) is 2.88.